The zero-order chi connectivity index (χ0) is 17.5. The van der Waals surface area contributed by atoms with Crippen LogP contribution in [-0.4, -0.2) is 32.1 Å². The van der Waals surface area contributed by atoms with Crippen molar-refractivity contribution in [1.82, 2.24) is 5.32 Å². The zero-order valence-corrected chi connectivity index (χ0v) is 15.0. The Morgan fingerprint density at radius 1 is 1.17 bits per heavy atom. The van der Waals surface area contributed by atoms with Crippen LogP contribution >= 0.6 is 11.6 Å². The van der Waals surface area contributed by atoms with Gasteiger partial charge in [0.1, 0.15) is 0 Å². The molecule has 2 amide bonds. The van der Waals surface area contributed by atoms with Crippen LogP contribution in [0.25, 0.3) is 0 Å². The maximum absolute atomic E-state index is 12.4. The standard InChI is InChI=1S/C18H25ClN2O3/c1-12-3-8-15(11-16(12)19)21-18(23)14-6-4-13(5-7-14)17(22)20-9-10-24-2/h3,8,11,13-14H,4-7,9-10H2,1-2H3,(H,20,22)(H,21,23). The number of methoxy groups -OCH3 is 1. The van der Waals surface area contributed by atoms with Crippen LogP contribution in [-0.2, 0) is 14.3 Å². The number of carbonyl (C=O) groups excluding carboxylic acids is 2. The molecule has 0 heterocycles. The summed E-state index contributed by atoms with van der Waals surface area (Å²) in [5.74, 6) is 0.0252. The molecular formula is C18H25ClN2O3. The number of aryl methyl sites for hydroxylation is 1. The molecule has 2 rings (SSSR count). The topological polar surface area (TPSA) is 67.4 Å². The van der Waals surface area contributed by atoms with E-state index in [2.05, 4.69) is 10.6 Å². The third-order valence-electron chi connectivity index (χ3n) is 4.51. The summed E-state index contributed by atoms with van der Waals surface area (Å²) in [6.45, 7) is 2.97. The van der Waals surface area contributed by atoms with Crippen molar-refractivity contribution in [3.8, 4) is 0 Å². The lowest BCUT2D eigenvalue weighted by Crippen LogP contribution is -2.36. The monoisotopic (exact) mass is 352 g/mol. The highest BCUT2D eigenvalue weighted by Crippen LogP contribution is 2.30. The van der Waals surface area contributed by atoms with Gasteiger partial charge in [0.25, 0.3) is 0 Å². The third-order valence-corrected chi connectivity index (χ3v) is 4.92. The normalized spacial score (nSPS) is 20.5. The number of hydrogen-bond acceptors (Lipinski definition) is 3. The molecule has 1 aromatic rings. The predicted octanol–water partition coefficient (Wildman–Crippen LogP) is 3.16. The molecule has 0 spiro atoms. The number of amides is 2. The Bertz CT molecular complexity index is 584. The minimum absolute atomic E-state index is 0.000254. The number of hydrogen-bond donors (Lipinski definition) is 2. The molecule has 1 fully saturated rings. The lowest BCUT2D eigenvalue weighted by molar-refractivity contribution is -0.128. The van der Waals surface area contributed by atoms with Gasteiger partial charge in [0.2, 0.25) is 11.8 Å². The molecule has 132 valence electrons. The number of carbonyl (C=O) groups is 2. The van der Waals surface area contributed by atoms with Gasteiger partial charge in [-0.15, -0.1) is 0 Å². The fourth-order valence-electron chi connectivity index (χ4n) is 2.95. The second-order valence-electron chi connectivity index (χ2n) is 6.29. The molecule has 1 aromatic carbocycles. The van der Waals surface area contributed by atoms with E-state index in [-0.39, 0.29) is 23.7 Å². The Labute approximate surface area is 148 Å². The predicted molar refractivity (Wildman–Crippen MR) is 95.2 cm³/mol. The SMILES string of the molecule is COCCNC(=O)C1CCC(C(=O)Nc2ccc(C)c(Cl)c2)CC1. The molecule has 0 saturated heterocycles. The van der Waals surface area contributed by atoms with Crippen molar-refractivity contribution in [2.24, 2.45) is 11.8 Å². The van der Waals surface area contributed by atoms with E-state index in [1.165, 1.54) is 0 Å². The molecular weight excluding hydrogens is 328 g/mol. The highest BCUT2D eigenvalue weighted by molar-refractivity contribution is 6.31. The van der Waals surface area contributed by atoms with Gasteiger partial charge in [0, 0.05) is 36.2 Å². The molecule has 0 aromatic heterocycles. The van der Waals surface area contributed by atoms with Gasteiger partial charge < -0.3 is 15.4 Å². The first-order valence-electron chi connectivity index (χ1n) is 8.35. The lowest BCUT2D eigenvalue weighted by atomic mass is 9.81. The molecule has 1 saturated carbocycles. The summed E-state index contributed by atoms with van der Waals surface area (Å²) in [6.07, 6.45) is 2.94. The summed E-state index contributed by atoms with van der Waals surface area (Å²) in [7, 11) is 1.61. The Morgan fingerprint density at radius 2 is 1.79 bits per heavy atom. The average molecular weight is 353 g/mol. The fourth-order valence-corrected chi connectivity index (χ4v) is 3.13. The fraction of sp³-hybridized carbons (Fsp3) is 0.556. The summed E-state index contributed by atoms with van der Waals surface area (Å²) >= 11 is 6.08. The van der Waals surface area contributed by atoms with E-state index in [4.69, 9.17) is 16.3 Å². The average Bonchev–Trinajstić information content (AvgIpc) is 2.58. The van der Waals surface area contributed by atoms with Crippen LogP contribution in [0.3, 0.4) is 0 Å². The van der Waals surface area contributed by atoms with Gasteiger partial charge in [0.15, 0.2) is 0 Å². The first-order chi connectivity index (χ1) is 11.5. The molecule has 1 aliphatic rings. The number of halogens is 1. The molecule has 1 aliphatic carbocycles. The summed E-state index contributed by atoms with van der Waals surface area (Å²) in [5, 5.41) is 6.44. The minimum atomic E-state index is -0.0481. The second-order valence-corrected chi connectivity index (χ2v) is 6.69. The van der Waals surface area contributed by atoms with Crippen molar-refractivity contribution in [3.05, 3.63) is 28.8 Å². The maximum Gasteiger partial charge on any atom is 0.227 e. The summed E-state index contributed by atoms with van der Waals surface area (Å²) < 4.78 is 4.92. The molecule has 0 aliphatic heterocycles. The van der Waals surface area contributed by atoms with Gasteiger partial charge in [-0.25, -0.2) is 0 Å². The molecule has 0 unspecified atom stereocenters. The largest absolute Gasteiger partial charge is 0.383 e. The smallest absolute Gasteiger partial charge is 0.227 e. The van der Waals surface area contributed by atoms with E-state index in [1.807, 2.05) is 19.1 Å². The van der Waals surface area contributed by atoms with Gasteiger partial charge in [0.05, 0.1) is 6.61 Å². The second kappa shape index (κ2) is 9.04. The van der Waals surface area contributed by atoms with Crippen LogP contribution in [0, 0.1) is 18.8 Å². The van der Waals surface area contributed by atoms with E-state index in [0.717, 1.165) is 36.9 Å². The summed E-state index contributed by atoms with van der Waals surface area (Å²) in [5.41, 5.74) is 1.70. The van der Waals surface area contributed by atoms with Crippen molar-refractivity contribution in [1.29, 1.82) is 0 Å². The Hall–Kier alpha value is -1.59. The van der Waals surface area contributed by atoms with Gasteiger partial charge in [-0.1, -0.05) is 17.7 Å². The number of rotatable bonds is 6. The van der Waals surface area contributed by atoms with Crippen molar-refractivity contribution < 1.29 is 14.3 Å². The van der Waals surface area contributed by atoms with Crippen LogP contribution in [0.15, 0.2) is 18.2 Å². The highest BCUT2D eigenvalue weighted by atomic mass is 35.5. The number of benzene rings is 1. The lowest BCUT2D eigenvalue weighted by Gasteiger charge is -2.27. The first kappa shape index (κ1) is 18.7. The Kier molecular flexibility index (Phi) is 7.06. The maximum atomic E-state index is 12.4. The minimum Gasteiger partial charge on any atom is -0.383 e. The zero-order valence-electron chi connectivity index (χ0n) is 14.2. The van der Waals surface area contributed by atoms with E-state index < -0.39 is 0 Å². The van der Waals surface area contributed by atoms with Gasteiger partial charge in [-0.2, -0.15) is 0 Å². The molecule has 2 N–H and O–H groups in total. The Morgan fingerprint density at radius 3 is 2.38 bits per heavy atom. The molecule has 5 nitrogen and oxygen atoms in total. The summed E-state index contributed by atoms with van der Waals surface area (Å²) in [6, 6.07) is 5.51. The van der Waals surface area contributed by atoms with E-state index in [0.29, 0.717) is 18.2 Å². The highest BCUT2D eigenvalue weighted by Gasteiger charge is 2.29. The van der Waals surface area contributed by atoms with Gasteiger partial charge in [-0.3, -0.25) is 9.59 Å². The van der Waals surface area contributed by atoms with E-state index in [9.17, 15) is 9.59 Å². The van der Waals surface area contributed by atoms with E-state index in [1.54, 1.807) is 13.2 Å². The van der Waals surface area contributed by atoms with Crippen LogP contribution in [0.1, 0.15) is 31.2 Å². The van der Waals surface area contributed by atoms with Crippen LogP contribution < -0.4 is 10.6 Å². The first-order valence-corrected chi connectivity index (χ1v) is 8.72. The number of ether oxygens (including phenoxy) is 1. The van der Waals surface area contributed by atoms with Crippen LogP contribution in [0.4, 0.5) is 5.69 Å². The molecule has 24 heavy (non-hydrogen) atoms. The van der Waals surface area contributed by atoms with Crippen LogP contribution in [0.2, 0.25) is 5.02 Å². The number of anilines is 1. The number of nitrogens with one attached hydrogen (secondary N) is 2. The quantitative estimate of drug-likeness (QED) is 0.773. The van der Waals surface area contributed by atoms with Crippen molar-refractivity contribution in [2.75, 3.05) is 25.6 Å². The Balaban J connectivity index is 1.79. The molecule has 6 heteroatoms. The van der Waals surface area contributed by atoms with Gasteiger partial charge >= 0.3 is 0 Å². The van der Waals surface area contributed by atoms with Crippen molar-refractivity contribution in [2.45, 2.75) is 32.6 Å². The van der Waals surface area contributed by atoms with Crippen molar-refractivity contribution in [3.63, 3.8) is 0 Å². The molecule has 0 bridgehead atoms. The van der Waals surface area contributed by atoms with E-state index >= 15 is 0 Å². The van der Waals surface area contributed by atoms with Gasteiger partial charge in [-0.05, 0) is 50.3 Å². The van der Waals surface area contributed by atoms with Crippen LogP contribution in [0.5, 0.6) is 0 Å². The molecule has 0 radical (unpaired) electrons. The van der Waals surface area contributed by atoms with Crippen molar-refractivity contribution >= 4 is 29.1 Å². The summed E-state index contributed by atoms with van der Waals surface area (Å²) in [4.78, 5) is 24.4. The third kappa shape index (κ3) is 5.21. The molecule has 0 atom stereocenters.